The van der Waals surface area contributed by atoms with Crippen molar-refractivity contribution in [3.63, 3.8) is 0 Å². The predicted octanol–water partition coefficient (Wildman–Crippen LogP) is 3.27. The SMILES string of the molecule is CC(C)CC(NC(=O)c1cnc2sccn2c1=O)c1ccccc1. The van der Waals surface area contributed by atoms with Crippen molar-refractivity contribution in [3.05, 3.63) is 69.6 Å². The van der Waals surface area contributed by atoms with Crippen LogP contribution < -0.4 is 10.9 Å². The van der Waals surface area contributed by atoms with Crippen LogP contribution in [0, 0.1) is 5.92 Å². The summed E-state index contributed by atoms with van der Waals surface area (Å²) in [5, 5.41) is 4.76. The van der Waals surface area contributed by atoms with E-state index in [4.69, 9.17) is 0 Å². The van der Waals surface area contributed by atoms with Gasteiger partial charge in [0.15, 0.2) is 4.96 Å². The van der Waals surface area contributed by atoms with E-state index in [0.29, 0.717) is 10.9 Å². The summed E-state index contributed by atoms with van der Waals surface area (Å²) in [6.07, 6.45) is 3.79. The maximum atomic E-state index is 12.6. The van der Waals surface area contributed by atoms with Crippen LogP contribution in [0.5, 0.6) is 0 Å². The van der Waals surface area contributed by atoms with Crippen molar-refractivity contribution in [2.75, 3.05) is 0 Å². The van der Waals surface area contributed by atoms with Gasteiger partial charge < -0.3 is 5.32 Å². The largest absolute Gasteiger partial charge is 0.345 e. The molecule has 6 heteroatoms. The zero-order valence-electron chi connectivity index (χ0n) is 13.6. The molecule has 2 heterocycles. The number of nitrogens with zero attached hydrogens (tertiary/aromatic N) is 2. The third kappa shape index (κ3) is 3.38. The van der Waals surface area contributed by atoms with Gasteiger partial charge in [-0.3, -0.25) is 14.0 Å². The van der Waals surface area contributed by atoms with Gasteiger partial charge in [-0.1, -0.05) is 44.2 Å². The summed E-state index contributed by atoms with van der Waals surface area (Å²) in [7, 11) is 0. The minimum atomic E-state index is -0.386. The highest BCUT2D eigenvalue weighted by Crippen LogP contribution is 2.21. The van der Waals surface area contributed by atoms with E-state index in [1.54, 1.807) is 11.6 Å². The number of fused-ring (bicyclic) bond motifs is 1. The molecule has 0 aliphatic carbocycles. The Morgan fingerprint density at radius 3 is 2.75 bits per heavy atom. The van der Waals surface area contributed by atoms with E-state index in [1.165, 1.54) is 21.9 Å². The second-order valence-corrected chi connectivity index (χ2v) is 6.97. The first-order valence-electron chi connectivity index (χ1n) is 7.87. The number of carbonyl (C=O) groups excluding carboxylic acids is 1. The van der Waals surface area contributed by atoms with Crippen LogP contribution in [0.2, 0.25) is 0 Å². The molecule has 0 aliphatic heterocycles. The Morgan fingerprint density at radius 2 is 2.04 bits per heavy atom. The lowest BCUT2D eigenvalue weighted by Gasteiger charge is -2.21. The second-order valence-electron chi connectivity index (χ2n) is 6.10. The van der Waals surface area contributed by atoms with E-state index in [0.717, 1.165) is 12.0 Å². The van der Waals surface area contributed by atoms with Gasteiger partial charge >= 0.3 is 0 Å². The summed E-state index contributed by atoms with van der Waals surface area (Å²) in [5.74, 6) is 0.0247. The normalized spacial score (nSPS) is 12.5. The molecule has 1 N–H and O–H groups in total. The molecule has 1 unspecified atom stereocenters. The Hall–Kier alpha value is -2.47. The average molecular weight is 341 g/mol. The molecule has 0 fully saturated rings. The molecule has 3 rings (SSSR count). The smallest absolute Gasteiger partial charge is 0.271 e. The molecule has 1 aromatic carbocycles. The highest BCUT2D eigenvalue weighted by atomic mass is 32.1. The lowest BCUT2D eigenvalue weighted by atomic mass is 9.97. The first-order valence-corrected chi connectivity index (χ1v) is 8.75. The van der Waals surface area contributed by atoms with Gasteiger partial charge in [-0.05, 0) is 17.9 Å². The quantitative estimate of drug-likeness (QED) is 0.775. The molecule has 2 aromatic heterocycles. The molecule has 124 valence electrons. The van der Waals surface area contributed by atoms with Gasteiger partial charge in [0.2, 0.25) is 0 Å². The van der Waals surface area contributed by atoms with E-state index < -0.39 is 0 Å². The Balaban J connectivity index is 1.89. The van der Waals surface area contributed by atoms with Crippen molar-refractivity contribution in [1.29, 1.82) is 0 Å². The molecular weight excluding hydrogens is 322 g/mol. The summed E-state index contributed by atoms with van der Waals surface area (Å²) in [6.45, 7) is 4.21. The van der Waals surface area contributed by atoms with Gasteiger partial charge in [0, 0.05) is 17.8 Å². The fourth-order valence-corrected chi connectivity index (χ4v) is 3.33. The summed E-state index contributed by atoms with van der Waals surface area (Å²) in [5.41, 5.74) is 0.759. The Bertz CT molecular complexity index is 899. The molecule has 5 nitrogen and oxygen atoms in total. The summed E-state index contributed by atoms with van der Waals surface area (Å²) in [4.78, 5) is 29.8. The van der Waals surface area contributed by atoms with E-state index in [9.17, 15) is 9.59 Å². The van der Waals surface area contributed by atoms with E-state index >= 15 is 0 Å². The number of hydrogen-bond acceptors (Lipinski definition) is 4. The molecule has 1 amide bonds. The molecule has 0 bridgehead atoms. The van der Waals surface area contributed by atoms with Gasteiger partial charge in [0.25, 0.3) is 11.5 Å². The average Bonchev–Trinajstić information content (AvgIpc) is 3.04. The van der Waals surface area contributed by atoms with Crippen LogP contribution in [0.3, 0.4) is 0 Å². The molecule has 0 aliphatic rings. The van der Waals surface area contributed by atoms with Crippen molar-refractivity contribution in [2.45, 2.75) is 26.3 Å². The van der Waals surface area contributed by atoms with E-state index in [-0.39, 0.29) is 23.1 Å². The van der Waals surface area contributed by atoms with Gasteiger partial charge in [-0.2, -0.15) is 0 Å². The van der Waals surface area contributed by atoms with Crippen molar-refractivity contribution in [3.8, 4) is 0 Å². The maximum Gasteiger partial charge on any atom is 0.271 e. The fraction of sp³-hybridized carbons (Fsp3) is 0.278. The van der Waals surface area contributed by atoms with Crippen molar-refractivity contribution in [2.24, 2.45) is 5.92 Å². The number of hydrogen-bond donors (Lipinski definition) is 1. The van der Waals surface area contributed by atoms with Gasteiger partial charge in [-0.15, -0.1) is 11.3 Å². The highest BCUT2D eigenvalue weighted by Gasteiger charge is 2.20. The third-order valence-corrected chi connectivity index (χ3v) is 4.57. The van der Waals surface area contributed by atoms with Crippen LogP contribution in [0.25, 0.3) is 4.96 Å². The lowest BCUT2D eigenvalue weighted by molar-refractivity contribution is 0.0930. The van der Waals surface area contributed by atoms with Crippen molar-refractivity contribution >= 4 is 22.2 Å². The summed E-state index contributed by atoms with van der Waals surface area (Å²) in [6, 6.07) is 9.67. The van der Waals surface area contributed by atoms with Crippen LogP contribution >= 0.6 is 11.3 Å². The van der Waals surface area contributed by atoms with Crippen LogP contribution in [0.1, 0.15) is 42.2 Å². The zero-order chi connectivity index (χ0) is 17.1. The molecule has 3 aromatic rings. The summed E-state index contributed by atoms with van der Waals surface area (Å²) < 4.78 is 1.40. The minimum Gasteiger partial charge on any atom is -0.345 e. The highest BCUT2D eigenvalue weighted by molar-refractivity contribution is 7.15. The Morgan fingerprint density at radius 1 is 1.29 bits per heavy atom. The second kappa shape index (κ2) is 6.97. The molecule has 0 saturated heterocycles. The number of carbonyl (C=O) groups is 1. The third-order valence-electron chi connectivity index (χ3n) is 3.80. The Labute approximate surface area is 144 Å². The van der Waals surface area contributed by atoms with Crippen molar-refractivity contribution < 1.29 is 4.79 Å². The predicted molar refractivity (Wildman–Crippen MR) is 95.4 cm³/mol. The topological polar surface area (TPSA) is 63.5 Å². The molecule has 1 atom stereocenters. The lowest BCUT2D eigenvalue weighted by Crippen LogP contribution is -2.34. The van der Waals surface area contributed by atoms with Gasteiger partial charge in [0.05, 0.1) is 6.04 Å². The first kappa shape index (κ1) is 16.4. The number of aromatic nitrogens is 2. The standard InChI is InChI=1S/C18H19N3O2S/c1-12(2)10-15(13-6-4-3-5-7-13)20-16(22)14-11-19-18-21(17(14)23)8-9-24-18/h3-9,11-12,15H,10H2,1-2H3,(H,20,22). The van der Waals surface area contributed by atoms with E-state index in [1.807, 2.05) is 30.3 Å². The molecule has 24 heavy (non-hydrogen) atoms. The number of rotatable bonds is 5. The van der Waals surface area contributed by atoms with Crippen LogP contribution in [0.15, 0.2) is 52.9 Å². The number of benzene rings is 1. The molecule has 0 saturated carbocycles. The monoisotopic (exact) mass is 341 g/mol. The van der Waals surface area contributed by atoms with Crippen LogP contribution in [-0.4, -0.2) is 15.3 Å². The van der Waals surface area contributed by atoms with E-state index in [2.05, 4.69) is 24.1 Å². The zero-order valence-corrected chi connectivity index (χ0v) is 14.4. The summed E-state index contributed by atoms with van der Waals surface area (Å²) >= 11 is 1.36. The maximum absolute atomic E-state index is 12.6. The minimum absolute atomic E-state index is 0.0654. The number of thiazole rings is 1. The number of nitrogens with one attached hydrogen (secondary N) is 1. The van der Waals surface area contributed by atoms with Crippen molar-refractivity contribution in [1.82, 2.24) is 14.7 Å². The Kier molecular flexibility index (Phi) is 4.76. The molecular formula is C18H19N3O2S. The van der Waals surface area contributed by atoms with Gasteiger partial charge in [-0.25, -0.2) is 4.98 Å². The van der Waals surface area contributed by atoms with Gasteiger partial charge in [0.1, 0.15) is 5.56 Å². The fourth-order valence-electron chi connectivity index (χ4n) is 2.65. The van der Waals surface area contributed by atoms with Crippen LogP contribution in [0.4, 0.5) is 0 Å². The van der Waals surface area contributed by atoms with Crippen LogP contribution in [-0.2, 0) is 0 Å². The molecule has 0 spiro atoms. The first-order chi connectivity index (χ1) is 11.6. The number of amides is 1. The molecule has 0 radical (unpaired) electrons.